The van der Waals surface area contributed by atoms with Crippen molar-refractivity contribution in [3.8, 4) is 5.75 Å². The molecule has 0 saturated carbocycles. The summed E-state index contributed by atoms with van der Waals surface area (Å²) >= 11 is 0. The molecule has 3 rings (SSSR count). The van der Waals surface area contributed by atoms with E-state index < -0.39 is 6.04 Å². The van der Waals surface area contributed by atoms with Crippen molar-refractivity contribution < 1.29 is 13.9 Å². The van der Waals surface area contributed by atoms with E-state index in [1.165, 1.54) is 12.1 Å². The molecule has 0 aliphatic carbocycles. The van der Waals surface area contributed by atoms with E-state index in [-0.39, 0.29) is 18.1 Å². The fourth-order valence-electron chi connectivity index (χ4n) is 3.04. The van der Waals surface area contributed by atoms with Gasteiger partial charge in [0.1, 0.15) is 23.4 Å². The Hall–Kier alpha value is -3.15. The van der Waals surface area contributed by atoms with Gasteiger partial charge in [-0.1, -0.05) is 29.8 Å². The number of hydrogen-bond donors (Lipinski definition) is 1. The number of nitrogens with zero attached hydrogens (tertiary/aromatic N) is 2. The number of benzene rings is 2. The Labute approximate surface area is 157 Å². The molecule has 1 amide bonds. The van der Waals surface area contributed by atoms with Crippen molar-refractivity contribution in [3.63, 3.8) is 0 Å². The molecule has 0 bridgehead atoms. The second kappa shape index (κ2) is 8.03. The van der Waals surface area contributed by atoms with Crippen molar-refractivity contribution in [1.29, 1.82) is 0 Å². The summed E-state index contributed by atoms with van der Waals surface area (Å²) in [4.78, 5) is 17.1. The normalized spacial score (nSPS) is 11.9. The van der Waals surface area contributed by atoms with E-state index in [0.29, 0.717) is 11.6 Å². The Morgan fingerprint density at radius 2 is 2.00 bits per heavy atom. The maximum atomic E-state index is 13.3. The summed E-state index contributed by atoms with van der Waals surface area (Å²) in [5.74, 6) is 0.849. The molecule has 1 atom stereocenters. The van der Waals surface area contributed by atoms with Gasteiger partial charge in [-0.15, -0.1) is 0 Å². The lowest BCUT2D eigenvalue weighted by molar-refractivity contribution is -0.121. The van der Waals surface area contributed by atoms with Gasteiger partial charge >= 0.3 is 0 Å². The van der Waals surface area contributed by atoms with Crippen LogP contribution in [0.25, 0.3) is 0 Å². The van der Waals surface area contributed by atoms with Crippen LogP contribution in [0.5, 0.6) is 5.75 Å². The standard InChI is InChI=1S/C21H22FN3O2/c1-14-4-9-18(27-3)16(12-14)13-19(26)24-20(21-23-10-11-25(21)2)15-5-7-17(22)8-6-15/h4-12,20H,13H2,1-3H3,(H,24,26)/t20-/m0/s1. The SMILES string of the molecule is COc1ccc(C)cc1CC(=O)N[C@@H](c1ccc(F)cc1)c1nccn1C. The molecule has 0 saturated heterocycles. The second-order valence-corrected chi connectivity index (χ2v) is 6.44. The van der Waals surface area contributed by atoms with Crippen molar-refractivity contribution in [2.75, 3.05) is 7.11 Å². The number of nitrogens with one attached hydrogen (secondary N) is 1. The Morgan fingerprint density at radius 3 is 2.63 bits per heavy atom. The van der Waals surface area contributed by atoms with Gasteiger partial charge in [0.15, 0.2) is 0 Å². The minimum atomic E-state index is -0.478. The van der Waals surface area contributed by atoms with Gasteiger partial charge in [0, 0.05) is 25.0 Å². The second-order valence-electron chi connectivity index (χ2n) is 6.44. The highest BCUT2D eigenvalue weighted by molar-refractivity contribution is 5.80. The highest BCUT2D eigenvalue weighted by Crippen LogP contribution is 2.23. The molecule has 0 spiro atoms. The molecule has 1 aromatic heterocycles. The zero-order chi connectivity index (χ0) is 19.4. The number of halogens is 1. The maximum absolute atomic E-state index is 13.3. The van der Waals surface area contributed by atoms with Crippen LogP contribution in [0.4, 0.5) is 4.39 Å². The topological polar surface area (TPSA) is 56.1 Å². The first-order valence-electron chi connectivity index (χ1n) is 8.63. The lowest BCUT2D eigenvalue weighted by atomic mass is 10.0. The number of ether oxygens (including phenoxy) is 1. The summed E-state index contributed by atoms with van der Waals surface area (Å²) in [6.45, 7) is 1.97. The number of methoxy groups -OCH3 is 1. The van der Waals surface area contributed by atoms with E-state index in [4.69, 9.17) is 4.74 Å². The molecule has 3 aromatic rings. The van der Waals surface area contributed by atoms with Gasteiger partial charge in [0.2, 0.25) is 5.91 Å². The van der Waals surface area contributed by atoms with Crippen molar-refractivity contribution in [1.82, 2.24) is 14.9 Å². The smallest absolute Gasteiger partial charge is 0.225 e. The van der Waals surface area contributed by atoms with E-state index in [1.807, 2.05) is 42.9 Å². The molecule has 1 N–H and O–H groups in total. The molecule has 0 aliphatic heterocycles. The Kier molecular flexibility index (Phi) is 5.54. The van der Waals surface area contributed by atoms with Crippen LogP contribution in [0.15, 0.2) is 54.9 Å². The van der Waals surface area contributed by atoms with Gasteiger partial charge in [0.25, 0.3) is 0 Å². The minimum Gasteiger partial charge on any atom is -0.496 e. The molecule has 5 nitrogen and oxygen atoms in total. The predicted octanol–water partition coefficient (Wildman–Crippen LogP) is 3.32. The molecule has 0 aliphatic rings. The number of imidazole rings is 1. The van der Waals surface area contributed by atoms with Crippen LogP contribution in [0.3, 0.4) is 0 Å². The first kappa shape index (κ1) is 18.6. The van der Waals surface area contributed by atoms with Crippen LogP contribution < -0.4 is 10.1 Å². The third-order valence-corrected chi connectivity index (χ3v) is 4.41. The third kappa shape index (κ3) is 4.34. The van der Waals surface area contributed by atoms with Gasteiger partial charge in [0.05, 0.1) is 13.5 Å². The third-order valence-electron chi connectivity index (χ3n) is 4.41. The highest BCUT2D eigenvalue weighted by Gasteiger charge is 2.21. The van der Waals surface area contributed by atoms with Crippen molar-refractivity contribution in [2.24, 2.45) is 7.05 Å². The molecule has 140 valence electrons. The lowest BCUT2D eigenvalue weighted by Crippen LogP contribution is -2.32. The number of aryl methyl sites for hydroxylation is 2. The molecular weight excluding hydrogens is 345 g/mol. The minimum absolute atomic E-state index is 0.170. The molecular formula is C21H22FN3O2. The quantitative estimate of drug-likeness (QED) is 0.727. The number of carbonyl (C=O) groups excluding carboxylic acids is 1. The van der Waals surface area contributed by atoms with E-state index in [1.54, 1.807) is 25.4 Å². The van der Waals surface area contributed by atoms with Crippen LogP contribution in [0, 0.1) is 12.7 Å². The summed E-state index contributed by atoms with van der Waals surface area (Å²) in [5, 5.41) is 3.01. The molecule has 0 unspecified atom stereocenters. The van der Waals surface area contributed by atoms with Crippen molar-refractivity contribution >= 4 is 5.91 Å². The predicted molar refractivity (Wildman–Crippen MR) is 101 cm³/mol. The van der Waals surface area contributed by atoms with Crippen LogP contribution in [0.2, 0.25) is 0 Å². The highest BCUT2D eigenvalue weighted by atomic mass is 19.1. The summed E-state index contributed by atoms with van der Waals surface area (Å²) in [6.07, 6.45) is 3.65. The van der Waals surface area contributed by atoms with Crippen LogP contribution in [-0.2, 0) is 18.3 Å². The zero-order valence-corrected chi connectivity index (χ0v) is 15.6. The summed E-state index contributed by atoms with van der Waals surface area (Å²) < 4.78 is 20.5. The van der Waals surface area contributed by atoms with Crippen LogP contribution in [0.1, 0.15) is 28.6 Å². The molecule has 27 heavy (non-hydrogen) atoms. The first-order valence-corrected chi connectivity index (χ1v) is 8.63. The zero-order valence-electron chi connectivity index (χ0n) is 15.6. The largest absolute Gasteiger partial charge is 0.496 e. The maximum Gasteiger partial charge on any atom is 0.225 e. The number of hydrogen-bond acceptors (Lipinski definition) is 3. The van der Waals surface area contributed by atoms with Gasteiger partial charge in [-0.2, -0.15) is 0 Å². The number of carbonyl (C=O) groups is 1. The summed E-state index contributed by atoms with van der Waals surface area (Å²) in [7, 11) is 3.44. The van der Waals surface area contributed by atoms with Crippen molar-refractivity contribution in [3.05, 3.63) is 83.2 Å². The molecule has 2 aromatic carbocycles. The summed E-state index contributed by atoms with van der Waals surface area (Å²) in [6, 6.07) is 11.3. The molecule has 1 heterocycles. The Balaban J connectivity index is 1.86. The summed E-state index contributed by atoms with van der Waals surface area (Å²) in [5.41, 5.74) is 2.63. The fourth-order valence-corrected chi connectivity index (χ4v) is 3.04. The molecule has 0 fully saturated rings. The van der Waals surface area contributed by atoms with E-state index in [2.05, 4.69) is 10.3 Å². The monoisotopic (exact) mass is 367 g/mol. The van der Waals surface area contributed by atoms with E-state index >= 15 is 0 Å². The Morgan fingerprint density at radius 1 is 1.26 bits per heavy atom. The lowest BCUT2D eigenvalue weighted by Gasteiger charge is -2.20. The molecule has 6 heteroatoms. The fraction of sp³-hybridized carbons (Fsp3) is 0.238. The van der Waals surface area contributed by atoms with E-state index in [0.717, 1.165) is 16.7 Å². The Bertz CT molecular complexity index is 935. The van der Waals surface area contributed by atoms with Gasteiger partial charge in [-0.3, -0.25) is 4.79 Å². The van der Waals surface area contributed by atoms with Crippen LogP contribution in [-0.4, -0.2) is 22.6 Å². The van der Waals surface area contributed by atoms with E-state index in [9.17, 15) is 9.18 Å². The van der Waals surface area contributed by atoms with Gasteiger partial charge in [-0.05, 0) is 30.7 Å². The molecule has 0 radical (unpaired) electrons. The number of aromatic nitrogens is 2. The van der Waals surface area contributed by atoms with Gasteiger partial charge < -0.3 is 14.6 Å². The van der Waals surface area contributed by atoms with Gasteiger partial charge in [-0.25, -0.2) is 9.37 Å². The average Bonchev–Trinajstić information content (AvgIpc) is 3.06. The van der Waals surface area contributed by atoms with Crippen LogP contribution >= 0.6 is 0 Å². The average molecular weight is 367 g/mol. The number of rotatable bonds is 6. The first-order chi connectivity index (χ1) is 13.0. The number of amides is 1. The van der Waals surface area contributed by atoms with Crippen molar-refractivity contribution in [2.45, 2.75) is 19.4 Å².